The second-order valence-corrected chi connectivity index (χ2v) is 9.51. The monoisotopic (exact) mass is 515 g/mol. The van der Waals surface area contributed by atoms with Crippen molar-refractivity contribution in [1.82, 2.24) is 15.5 Å². The van der Waals surface area contributed by atoms with Gasteiger partial charge < -0.3 is 20.5 Å². The summed E-state index contributed by atoms with van der Waals surface area (Å²) in [5.74, 6) is -1.82. The summed E-state index contributed by atoms with van der Waals surface area (Å²) in [4.78, 5) is 39.4. The van der Waals surface area contributed by atoms with E-state index in [2.05, 4.69) is 22.8 Å². The lowest BCUT2D eigenvalue weighted by Gasteiger charge is -2.26. The Labute approximate surface area is 222 Å². The normalized spacial score (nSPS) is 13.8. The highest BCUT2D eigenvalue weighted by Gasteiger charge is 2.31. The average molecular weight is 516 g/mol. The zero-order valence-corrected chi connectivity index (χ0v) is 21.6. The number of amides is 2. The lowest BCUT2D eigenvalue weighted by molar-refractivity contribution is -0.142. The smallest absolute Gasteiger partial charge is 0.407 e. The van der Waals surface area contributed by atoms with Crippen molar-refractivity contribution in [2.75, 3.05) is 20.2 Å². The van der Waals surface area contributed by atoms with Crippen molar-refractivity contribution in [3.05, 3.63) is 95.6 Å². The van der Waals surface area contributed by atoms with Crippen LogP contribution in [0.4, 0.5) is 4.79 Å². The molecular weight excluding hydrogens is 482 g/mol. The van der Waals surface area contributed by atoms with Crippen LogP contribution < -0.4 is 10.6 Å². The summed E-state index contributed by atoms with van der Waals surface area (Å²) < 4.78 is 5.63. The number of alkyl carbamates (subject to hydrolysis) is 1. The quantitative estimate of drug-likeness (QED) is 0.356. The van der Waals surface area contributed by atoms with Gasteiger partial charge in [-0.25, -0.2) is 9.59 Å². The molecule has 0 aromatic heterocycles. The topological polar surface area (TPSA) is 108 Å². The highest BCUT2D eigenvalue weighted by molar-refractivity contribution is 5.89. The Hall–Kier alpha value is -4.17. The van der Waals surface area contributed by atoms with E-state index in [1.807, 2.05) is 78.7 Å². The number of hydrogen-bond donors (Lipinski definition) is 3. The summed E-state index contributed by atoms with van der Waals surface area (Å²) in [6, 6.07) is 23.8. The first-order chi connectivity index (χ1) is 18.4. The number of carbonyl (C=O) groups is 3. The first-order valence-corrected chi connectivity index (χ1v) is 12.7. The van der Waals surface area contributed by atoms with Gasteiger partial charge in [0.2, 0.25) is 5.91 Å². The molecule has 1 aliphatic carbocycles. The molecule has 0 saturated carbocycles. The van der Waals surface area contributed by atoms with E-state index in [0.717, 1.165) is 27.8 Å². The number of carbonyl (C=O) groups excluding carboxylic acids is 2. The Morgan fingerprint density at radius 2 is 1.45 bits per heavy atom. The van der Waals surface area contributed by atoms with Crippen LogP contribution in [0.2, 0.25) is 0 Å². The van der Waals surface area contributed by atoms with Gasteiger partial charge in [0.05, 0.1) is 0 Å². The van der Waals surface area contributed by atoms with Crippen LogP contribution in [0.1, 0.15) is 36.0 Å². The van der Waals surface area contributed by atoms with Crippen molar-refractivity contribution in [3.8, 4) is 11.1 Å². The van der Waals surface area contributed by atoms with E-state index in [0.29, 0.717) is 6.54 Å². The minimum atomic E-state index is -1.13. The van der Waals surface area contributed by atoms with Gasteiger partial charge in [-0.2, -0.15) is 0 Å². The third kappa shape index (κ3) is 6.39. The maximum absolute atomic E-state index is 13.1. The molecule has 2 atom stereocenters. The van der Waals surface area contributed by atoms with E-state index >= 15 is 0 Å². The number of carboxylic acids is 1. The van der Waals surface area contributed by atoms with E-state index in [1.54, 1.807) is 6.92 Å². The van der Waals surface area contributed by atoms with E-state index < -0.39 is 30.1 Å². The van der Waals surface area contributed by atoms with Gasteiger partial charge in [-0.05, 0) is 41.3 Å². The third-order valence-corrected chi connectivity index (χ3v) is 6.76. The van der Waals surface area contributed by atoms with Gasteiger partial charge in [0.25, 0.3) is 0 Å². The SMILES string of the molecule is CC[C@H](NC(=O)C(CN(C)Cc1ccccc1)NC(=O)OCC1c2ccccc2-c2ccccc21)C(=O)O. The van der Waals surface area contributed by atoms with Crippen LogP contribution in [0.3, 0.4) is 0 Å². The van der Waals surface area contributed by atoms with Crippen LogP contribution in [0.25, 0.3) is 11.1 Å². The molecule has 3 aromatic carbocycles. The molecule has 38 heavy (non-hydrogen) atoms. The van der Waals surface area contributed by atoms with Crippen LogP contribution in [-0.4, -0.2) is 60.3 Å². The van der Waals surface area contributed by atoms with Gasteiger partial charge in [0.1, 0.15) is 18.7 Å². The number of benzene rings is 3. The van der Waals surface area contributed by atoms with E-state index in [4.69, 9.17) is 4.74 Å². The van der Waals surface area contributed by atoms with Crippen LogP contribution in [0.15, 0.2) is 78.9 Å². The molecule has 0 saturated heterocycles. The van der Waals surface area contributed by atoms with Crippen LogP contribution in [0, 0.1) is 0 Å². The van der Waals surface area contributed by atoms with Crippen LogP contribution in [0.5, 0.6) is 0 Å². The molecule has 3 aromatic rings. The van der Waals surface area contributed by atoms with Gasteiger partial charge >= 0.3 is 12.1 Å². The highest BCUT2D eigenvalue weighted by atomic mass is 16.5. The Morgan fingerprint density at radius 1 is 0.868 bits per heavy atom. The van der Waals surface area contributed by atoms with Gasteiger partial charge in [0.15, 0.2) is 0 Å². The minimum absolute atomic E-state index is 0.112. The van der Waals surface area contributed by atoms with Crippen molar-refractivity contribution in [2.45, 2.75) is 37.9 Å². The van der Waals surface area contributed by atoms with E-state index in [9.17, 15) is 19.5 Å². The fourth-order valence-corrected chi connectivity index (χ4v) is 4.86. The number of nitrogens with zero attached hydrogens (tertiary/aromatic N) is 1. The number of hydrogen-bond acceptors (Lipinski definition) is 5. The van der Waals surface area contributed by atoms with Crippen molar-refractivity contribution >= 4 is 18.0 Å². The molecule has 0 bridgehead atoms. The average Bonchev–Trinajstić information content (AvgIpc) is 3.24. The molecule has 4 rings (SSSR count). The van der Waals surface area contributed by atoms with Crippen molar-refractivity contribution in [2.24, 2.45) is 0 Å². The zero-order chi connectivity index (χ0) is 27.1. The number of fused-ring (bicyclic) bond motifs is 3. The number of rotatable bonds is 11. The lowest BCUT2D eigenvalue weighted by atomic mass is 9.98. The molecule has 2 amide bonds. The largest absolute Gasteiger partial charge is 0.480 e. The molecule has 198 valence electrons. The van der Waals surface area contributed by atoms with Gasteiger partial charge in [-0.3, -0.25) is 9.69 Å². The fraction of sp³-hybridized carbons (Fsp3) is 0.300. The van der Waals surface area contributed by atoms with Crippen molar-refractivity contribution in [1.29, 1.82) is 0 Å². The highest BCUT2D eigenvalue weighted by Crippen LogP contribution is 2.44. The molecule has 8 nitrogen and oxygen atoms in total. The second-order valence-electron chi connectivity index (χ2n) is 9.51. The number of aliphatic carboxylic acids is 1. The lowest BCUT2D eigenvalue weighted by Crippen LogP contribution is -2.55. The zero-order valence-electron chi connectivity index (χ0n) is 21.6. The molecule has 8 heteroatoms. The summed E-state index contributed by atoms with van der Waals surface area (Å²) >= 11 is 0. The maximum atomic E-state index is 13.1. The number of nitrogens with one attached hydrogen (secondary N) is 2. The summed E-state index contributed by atoms with van der Waals surface area (Å²) in [5.41, 5.74) is 5.47. The van der Waals surface area contributed by atoms with Crippen LogP contribution >= 0.6 is 0 Å². The Bertz CT molecular complexity index is 1230. The summed E-state index contributed by atoms with van der Waals surface area (Å²) in [6.07, 6.45) is -0.512. The maximum Gasteiger partial charge on any atom is 0.407 e. The molecule has 0 heterocycles. The van der Waals surface area contributed by atoms with E-state index in [1.165, 1.54) is 0 Å². The number of likely N-dealkylation sites (N-methyl/N-ethyl adjacent to an activating group) is 1. The van der Waals surface area contributed by atoms with Crippen molar-refractivity contribution < 1.29 is 24.2 Å². The molecular formula is C30H33N3O5. The number of ether oxygens (including phenoxy) is 1. The Balaban J connectivity index is 1.44. The van der Waals surface area contributed by atoms with Crippen LogP contribution in [-0.2, 0) is 20.9 Å². The van der Waals surface area contributed by atoms with Gasteiger partial charge in [0, 0.05) is 19.0 Å². The Morgan fingerprint density at radius 3 is 2.03 bits per heavy atom. The van der Waals surface area contributed by atoms with Crippen molar-refractivity contribution in [3.63, 3.8) is 0 Å². The standard InChI is InChI=1S/C30H33N3O5/c1-3-26(29(35)36)31-28(34)27(18-33(2)17-20-11-5-4-6-12-20)32-30(37)38-19-25-23-15-9-7-13-21(23)22-14-8-10-16-24(22)25/h4-16,25-27H,3,17-19H2,1-2H3,(H,31,34)(H,32,37)(H,35,36)/t26-,27?/m0/s1. The predicted molar refractivity (Wildman–Crippen MR) is 145 cm³/mol. The predicted octanol–water partition coefficient (Wildman–Crippen LogP) is 4.01. The second kappa shape index (κ2) is 12.4. The van der Waals surface area contributed by atoms with Gasteiger partial charge in [-0.15, -0.1) is 0 Å². The summed E-state index contributed by atoms with van der Waals surface area (Å²) in [7, 11) is 1.83. The third-order valence-electron chi connectivity index (χ3n) is 6.76. The molecule has 0 radical (unpaired) electrons. The molecule has 0 aliphatic heterocycles. The molecule has 1 unspecified atom stereocenters. The summed E-state index contributed by atoms with van der Waals surface area (Å²) in [6.45, 7) is 2.50. The molecule has 3 N–H and O–H groups in total. The van der Waals surface area contributed by atoms with E-state index in [-0.39, 0.29) is 25.5 Å². The first-order valence-electron chi connectivity index (χ1n) is 12.7. The summed E-state index contributed by atoms with van der Waals surface area (Å²) in [5, 5.41) is 14.6. The first kappa shape index (κ1) is 26.9. The Kier molecular flexibility index (Phi) is 8.76. The minimum Gasteiger partial charge on any atom is -0.480 e. The fourth-order valence-electron chi connectivity index (χ4n) is 4.86. The number of carboxylic acid groups (broad SMARTS) is 1. The molecule has 1 aliphatic rings. The molecule has 0 spiro atoms. The van der Waals surface area contributed by atoms with Gasteiger partial charge in [-0.1, -0.05) is 85.8 Å². The molecule has 0 fully saturated rings.